The van der Waals surface area contributed by atoms with Crippen LogP contribution in [0, 0.1) is 5.92 Å². The Hall–Kier alpha value is -2.38. The SMILES string of the molecule is C=CCOC(=O)/C=C/C[C@H](N=[N+]=[N-])[C@H](C)[C@@H](O)[C@H](O[Si](C)(C)C(C)(C)C)c1ccccc1. The fraction of sp³-hybridized carbons (Fsp3) is 0.542. The molecule has 0 spiro atoms. The van der Waals surface area contributed by atoms with Crippen LogP contribution in [0.2, 0.25) is 18.1 Å². The standard InChI is InChI=1S/C24H37N3O4Si/c1-8-17-30-21(28)16-12-15-20(26-27-25)18(2)22(29)23(19-13-10-9-11-14-19)31-32(6,7)24(3,4)5/h8-14,16,18,20,22-23,29H,1,15,17H2,2-7H3/b16-12+/t18-,20-,22+,23+/m0/s1. The largest absolute Gasteiger partial charge is 0.458 e. The summed E-state index contributed by atoms with van der Waals surface area (Å²) in [5.74, 6) is -0.920. The topological polar surface area (TPSA) is 105 Å². The summed E-state index contributed by atoms with van der Waals surface area (Å²) in [6.45, 7) is 16.2. The van der Waals surface area contributed by atoms with Crippen LogP contribution in [0.25, 0.3) is 10.4 Å². The Labute approximate surface area is 192 Å². The second-order valence-corrected chi connectivity index (χ2v) is 14.1. The van der Waals surface area contributed by atoms with E-state index in [0.717, 1.165) is 5.56 Å². The second-order valence-electron chi connectivity index (χ2n) is 9.39. The predicted octanol–water partition coefficient (Wildman–Crippen LogP) is 6.10. The highest BCUT2D eigenvalue weighted by atomic mass is 28.4. The van der Waals surface area contributed by atoms with Crippen molar-refractivity contribution in [3.8, 4) is 0 Å². The van der Waals surface area contributed by atoms with Gasteiger partial charge >= 0.3 is 5.97 Å². The third-order valence-corrected chi connectivity index (χ3v) is 10.4. The first-order valence-electron chi connectivity index (χ1n) is 10.8. The maximum Gasteiger partial charge on any atom is 0.330 e. The monoisotopic (exact) mass is 459 g/mol. The number of esters is 1. The summed E-state index contributed by atoms with van der Waals surface area (Å²) >= 11 is 0. The molecular formula is C24H37N3O4Si. The van der Waals surface area contributed by atoms with Crippen LogP contribution in [0.3, 0.4) is 0 Å². The van der Waals surface area contributed by atoms with E-state index in [1.54, 1.807) is 6.08 Å². The van der Waals surface area contributed by atoms with E-state index < -0.39 is 38.5 Å². The first-order valence-corrected chi connectivity index (χ1v) is 13.7. The molecule has 0 aliphatic carbocycles. The summed E-state index contributed by atoms with van der Waals surface area (Å²) in [6, 6.07) is 9.06. The molecule has 7 nitrogen and oxygen atoms in total. The third kappa shape index (κ3) is 8.28. The van der Waals surface area contributed by atoms with Crippen molar-refractivity contribution in [2.24, 2.45) is 11.0 Å². The van der Waals surface area contributed by atoms with E-state index in [0.29, 0.717) is 0 Å². The van der Waals surface area contributed by atoms with E-state index in [1.807, 2.05) is 37.3 Å². The van der Waals surface area contributed by atoms with Crippen LogP contribution in [0.5, 0.6) is 0 Å². The second kappa shape index (κ2) is 12.6. The molecule has 1 N–H and O–H groups in total. The minimum Gasteiger partial charge on any atom is -0.458 e. The van der Waals surface area contributed by atoms with Crippen molar-refractivity contribution in [1.29, 1.82) is 0 Å². The number of ether oxygens (including phenoxy) is 1. The van der Waals surface area contributed by atoms with Gasteiger partial charge in [-0.1, -0.05) is 81.9 Å². The fourth-order valence-electron chi connectivity index (χ4n) is 2.90. The van der Waals surface area contributed by atoms with Gasteiger partial charge in [0.1, 0.15) is 6.61 Å². The van der Waals surface area contributed by atoms with Gasteiger partial charge in [0, 0.05) is 17.0 Å². The smallest absolute Gasteiger partial charge is 0.330 e. The number of benzene rings is 1. The summed E-state index contributed by atoms with van der Waals surface area (Å²) < 4.78 is 11.6. The molecule has 4 atom stereocenters. The number of aliphatic hydroxyl groups excluding tert-OH is 1. The molecule has 8 heteroatoms. The fourth-order valence-corrected chi connectivity index (χ4v) is 4.17. The first-order chi connectivity index (χ1) is 14.9. The van der Waals surface area contributed by atoms with Gasteiger partial charge in [-0.15, -0.1) is 0 Å². The lowest BCUT2D eigenvalue weighted by Crippen LogP contribution is -2.45. The maximum atomic E-state index is 11.7. The number of carbonyl (C=O) groups excluding carboxylic acids is 1. The lowest BCUT2D eigenvalue weighted by atomic mass is 9.88. The van der Waals surface area contributed by atoms with Gasteiger partial charge in [-0.05, 0) is 41.6 Å². The lowest BCUT2D eigenvalue weighted by Gasteiger charge is -2.42. The molecule has 0 saturated heterocycles. The molecule has 176 valence electrons. The van der Waals surface area contributed by atoms with Crippen LogP contribution in [0.1, 0.15) is 45.8 Å². The number of aliphatic hydroxyl groups is 1. The number of hydrogen-bond donors (Lipinski definition) is 1. The average molecular weight is 460 g/mol. The molecule has 1 rings (SSSR count). The summed E-state index contributed by atoms with van der Waals surface area (Å²) in [6.07, 6.45) is 3.18. The lowest BCUT2D eigenvalue weighted by molar-refractivity contribution is -0.136. The molecule has 0 heterocycles. The Morgan fingerprint density at radius 3 is 2.47 bits per heavy atom. The van der Waals surface area contributed by atoms with Gasteiger partial charge in [-0.3, -0.25) is 0 Å². The van der Waals surface area contributed by atoms with Gasteiger partial charge in [-0.25, -0.2) is 4.79 Å². The molecular weight excluding hydrogens is 422 g/mol. The van der Waals surface area contributed by atoms with Gasteiger partial charge in [0.2, 0.25) is 0 Å². The van der Waals surface area contributed by atoms with Crippen molar-refractivity contribution in [3.63, 3.8) is 0 Å². The zero-order valence-corrected chi connectivity index (χ0v) is 21.1. The molecule has 0 unspecified atom stereocenters. The Morgan fingerprint density at radius 1 is 1.31 bits per heavy atom. The molecule has 32 heavy (non-hydrogen) atoms. The maximum absolute atomic E-state index is 11.7. The quantitative estimate of drug-likeness (QED) is 0.0775. The molecule has 0 saturated carbocycles. The summed E-state index contributed by atoms with van der Waals surface area (Å²) in [7, 11) is -2.21. The number of azide groups is 1. The zero-order chi connectivity index (χ0) is 24.4. The molecule has 0 aliphatic heterocycles. The summed E-state index contributed by atoms with van der Waals surface area (Å²) in [4.78, 5) is 14.6. The van der Waals surface area contributed by atoms with Crippen molar-refractivity contribution in [1.82, 2.24) is 0 Å². The van der Waals surface area contributed by atoms with E-state index in [-0.39, 0.29) is 18.1 Å². The van der Waals surface area contributed by atoms with Crippen LogP contribution in [0.4, 0.5) is 0 Å². The van der Waals surface area contributed by atoms with Crippen LogP contribution in [-0.4, -0.2) is 38.1 Å². The van der Waals surface area contributed by atoms with E-state index in [4.69, 9.17) is 14.7 Å². The van der Waals surface area contributed by atoms with E-state index in [2.05, 4.69) is 50.5 Å². The van der Waals surface area contributed by atoms with Gasteiger partial charge < -0.3 is 14.3 Å². The number of carbonyl (C=O) groups is 1. The van der Waals surface area contributed by atoms with Gasteiger partial charge in [0.25, 0.3) is 0 Å². The number of nitrogens with zero attached hydrogens (tertiary/aromatic N) is 3. The minimum absolute atomic E-state index is 0.0399. The van der Waals surface area contributed by atoms with E-state index in [1.165, 1.54) is 12.2 Å². The predicted molar refractivity (Wildman–Crippen MR) is 130 cm³/mol. The number of rotatable bonds is 12. The van der Waals surface area contributed by atoms with Crippen molar-refractivity contribution in [3.05, 3.63) is 71.1 Å². The summed E-state index contributed by atoms with van der Waals surface area (Å²) in [5.41, 5.74) is 9.94. The van der Waals surface area contributed by atoms with Crippen LogP contribution < -0.4 is 0 Å². The highest BCUT2D eigenvalue weighted by Gasteiger charge is 2.42. The van der Waals surface area contributed by atoms with Crippen molar-refractivity contribution in [2.45, 2.75) is 70.5 Å². The molecule has 0 fully saturated rings. The normalized spacial score (nSPS) is 16.0. The Balaban J connectivity index is 3.13. The highest BCUT2D eigenvalue weighted by Crippen LogP contribution is 2.41. The molecule has 0 bridgehead atoms. The van der Waals surface area contributed by atoms with Crippen molar-refractivity contribution in [2.75, 3.05) is 6.61 Å². The summed E-state index contributed by atoms with van der Waals surface area (Å²) in [5, 5.41) is 15.2. The van der Waals surface area contributed by atoms with Crippen LogP contribution >= 0.6 is 0 Å². The van der Waals surface area contributed by atoms with E-state index >= 15 is 0 Å². The molecule has 0 aliphatic rings. The third-order valence-electron chi connectivity index (χ3n) is 5.99. The average Bonchev–Trinajstić information content (AvgIpc) is 2.74. The van der Waals surface area contributed by atoms with Gasteiger partial charge in [-0.2, -0.15) is 0 Å². The Kier molecular flexibility index (Phi) is 10.9. The Morgan fingerprint density at radius 2 is 1.94 bits per heavy atom. The number of hydrogen-bond acceptors (Lipinski definition) is 5. The first kappa shape index (κ1) is 27.7. The molecule has 1 aromatic carbocycles. The molecule has 0 radical (unpaired) electrons. The minimum atomic E-state index is -2.21. The highest BCUT2D eigenvalue weighted by molar-refractivity contribution is 6.74. The molecule has 0 amide bonds. The van der Waals surface area contributed by atoms with Crippen molar-refractivity contribution >= 4 is 14.3 Å². The molecule has 1 aromatic rings. The van der Waals surface area contributed by atoms with E-state index in [9.17, 15) is 9.90 Å². The van der Waals surface area contributed by atoms with Gasteiger partial charge in [0.05, 0.1) is 12.2 Å². The van der Waals surface area contributed by atoms with Gasteiger partial charge in [0.15, 0.2) is 8.32 Å². The van der Waals surface area contributed by atoms with Crippen molar-refractivity contribution < 1.29 is 19.1 Å². The zero-order valence-electron chi connectivity index (χ0n) is 20.1. The molecule has 0 aromatic heterocycles. The van der Waals surface area contributed by atoms with Crippen LogP contribution in [-0.2, 0) is 14.0 Å². The van der Waals surface area contributed by atoms with Crippen LogP contribution in [0.15, 0.2) is 60.3 Å². The Bertz CT molecular complexity index is 814.